The lowest BCUT2D eigenvalue weighted by molar-refractivity contribution is -0.143. The number of hydrogen-bond acceptors (Lipinski definition) is 3. The molecule has 2 unspecified atom stereocenters. The predicted molar refractivity (Wildman–Crippen MR) is 93.1 cm³/mol. The molecule has 2 N–H and O–H groups in total. The van der Waals surface area contributed by atoms with Gasteiger partial charge in [-0.25, -0.2) is 4.79 Å². The highest BCUT2D eigenvalue weighted by Crippen LogP contribution is 2.29. The highest BCUT2D eigenvalue weighted by Gasteiger charge is 2.34. The van der Waals surface area contributed by atoms with E-state index in [-0.39, 0.29) is 35.1 Å². The molecule has 134 valence electrons. The molecule has 2 fully saturated rings. The van der Waals surface area contributed by atoms with E-state index in [9.17, 15) is 19.5 Å². The molecule has 25 heavy (non-hydrogen) atoms. The SMILES string of the molecule is CC1CCC(C(=O)O)CN1C(=O)c1cc(N2CCNC2=O)ccc1Cl. The van der Waals surface area contributed by atoms with Crippen LogP contribution in [-0.4, -0.2) is 53.6 Å². The molecule has 8 heteroatoms. The van der Waals surface area contributed by atoms with Crippen molar-refractivity contribution in [3.05, 3.63) is 28.8 Å². The van der Waals surface area contributed by atoms with Crippen molar-refractivity contribution < 1.29 is 19.5 Å². The van der Waals surface area contributed by atoms with Crippen LogP contribution < -0.4 is 10.2 Å². The molecular weight excluding hydrogens is 346 g/mol. The first-order valence-electron chi connectivity index (χ1n) is 8.27. The van der Waals surface area contributed by atoms with Crippen molar-refractivity contribution in [3.8, 4) is 0 Å². The lowest BCUT2D eigenvalue weighted by Crippen LogP contribution is -2.47. The summed E-state index contributed by atoms with van der Waals surface area (Å²) < 4.78 is 0. The Balaban J connectivity index is 1.88. The Kier molecular flexibility index (Phi) is 4.85. The van der Waals surface area contributed by atoms with E-state index in [1.807, 2.05) is 6.92 Å². The number of rotatable bonds is 3. The first-order valence-corrected chi connectivity index (χ1v) is 8.65. The fourth-order valence-electron chi connectivity index (χ4n) is 3.31. The molecule has 2 saturated heterocycles. The summed E-state index contributed by atoms with van der Waals surface area (Å²) in [7, 11) is 0. The van der Waals surface area contributed by atoms with Gasteiger partial charge >= 0.3 is 12.0 Å². The molecule has 3 amide bonds. The second-order valence-electron chi connectivity index (χ2n) is 6.47. The number of hydrogen-bond donors (Lipinski definition) is 2. The molecule has 0 aliphatic carbocycles. The molecule has 7 nitrogen and oxygen atoms in total. The maximum atomic E-state index is 13.0. The number of benzene rings is 1. The maximum Gasteiger partial charge on any atom is 0.321 e. The maximum absolute atomic E-state index is 13.0. The average molecular weight is 366 g/mol. The van der Waals surface area contributed by atoms with Gasteiger partial charge in [-0.3, -0.25) is 14.5 Å². The number of halogens is 1. The van der Waals surface area contributed by atoms with E-state index in [4.69, 9.17) is 11.6 Å². The Morgan fingerprint density at radius 3 is 2.72 bits per heavy atom. The van der Waals surface area contributed by atoms with E-state index in [0.29, 0.717) is 31.6 Å². The quantitative estimate of drug-likeness (QED) is 0.859. The van der Waals surface area contributed by atoms with E-state index in [1.165, 1.54) is 0 Å². The summed E-state index contributed by atoms with van der Waals surface area (Å²) in [6.07, 6.45) is 1.19. The van der Waals surface area contributed by atoms with Crippen molar-refractivity contribution in [1.82, 2.24) is 10.2 Å². The van der Waals surface area contributed by atoms with Crippen LogP contribution in [-0.2, 0) is 4.79 Å². The molecule has 2 aliphatic rings. The summed E-state index contributed by atoms with van der Waals surface area (Å²) in [6, 6.07) is 4.63. The number of likely N-dealkylation sites (tertiary alicyclic amines) is 1. The van der Waals surface area contributed by atoms with Crippen molar-refractivity contribution in [1.29, 1.82) is 0 Å². The van der Waals surface area contributed by atoms with Gasteiger partial charge in [0.05, 0.1) is 16.5 Å². The summed E-state index contributed by atoms with van der Waals surface area (Å²) in [4.78, 5) is 39.2. The highest BCUT2D eigenvalue weighted by atomic mass is 35.5. The van der Waals surface area contributed by atoms with Gasteiger partial charge in [0.2, 0.25) is 0 Å². The first kappa shape index (κ1) is 17.5. The van der Waals surface area contributed by atoms with Gasteiger partial charge in [0.15, 0.2) is 0 Å². The number of anilines is 1. The molecule has 2 atom stereocenters. The van der Waals surface area contributed by atoms with Gasteiger partial charge in [-0.15, -0.1) is 0 Å². The fourth-order valence-corrected chi connectivity index (χ4v) is 3.51. The molecule has 2 aliphatic heterocycles. The number of urea groups is 1. The third kappa shape index (κ3) is 3.42. The zero-order valence-corrected chi connectivity index (χ0v) is 14.6. The summed E-state index contributed by atoms with van der Waals surface area (Å²) >= 11 is 6.22. The molecule has 0 saturated carbocycles. The van der Waals surface area contributed by atoms with Gasteiger partial charge in [-0.1, -0.05) is 11.6 Å². The number of nitrogens with one attached hydrogen (secondary N) is 1. The molecule has 0 aromatic heterocycles. The van der Waals surface area contributed by atoms with Gasteiger partial charge in [0.1, 0.15) is 0 Å². The van der Waals surface area contributed by atoms with Crippen molar-refractivity contribution in [2.75, 3.05) is 24.5 Å². The number of carboxylic acids is 1. The number of carbonyl (C=O) groups is 3. The van der Waals surface area contributed by atoms with Crippen LogP contribution in [0, 0.1) is 5.92 Å². The molecule has 1 aromatic rings. The smallest absolute Gasteiger partial charge is 0.321 e. The summed E-state index contributed by atoms with van der Waals surface area (Å²) in [5.41, 5.74) is 0.888. The third-order valence-electron chi connectivity index (χ3n) is 4.84. The molecule has 1 aromatic carbocycles. The minimum Gasteiger partial charge on any atom is -0.481 e. The fraction of sp³-hybridized carbons (Fsp3) is 0.471. The zero-order chi connectivity index (χ0) is 18.1. The molecule has 3 rings (SSSR count). The molecule has 2 heterocycles. The van der Waals surface area contributed by atoms with Crippen molar-refractivity contribution in [2.24, 2.45) is 5.92 Å². The van der Waals surface area contributed by atoms with Crippen LogP contribution in [0.5, 0.6) is 0 Å². The Morgan fingerprint density at radius 2 is 2.08 bits per heavy atom. The zero-order valence-electron chi connectivity index (χ0n) is 13.9. The second kappa shape index (κ2) is 6.92. The van der Waals surface area contributed by atoms with E-state index >= 15 is 0 Å². The minimum absolute atomic E-state index is 0.0575. The van der Waals surface area contributed by atoms with Crippen molar-refractivity contribution >= 4 is 35.2 Å². The number of aliphatic carboxylic acids is 1. The van der Waals surface area contributed by atoms with Gasteiger partial charge in [0.25, 0.3) is 5.91 Å². The second-order valence-corrected chi connectivity index (χ2v) is 6.87. The molecule has 0 bridgehead atoms. The highest BCUT2D eigenvalue weighted by molar-refractivity contribution is 6.34. The van der Waals surface area contributed by atoms with E-state index in [1.54, 1.807) is 28.0 Å². The van der Waals surface area contributed by atoms with Crippen LogP contribution >= 0.6 is 11.6 Å². The predicted octanol–water partition coefficient (Wildman–Crippen LogP) is 2.19. The lowest BCUT2D eigenvalue weighted by Gasteiger charge is -2.36. The third-order valence-corrected chi connectivity index (χ3v) is 5.17. The molecule has 0 spiro atoms. The number of amides is 3. The van der Waals surface area contributed by atoms with Crippen LogP contribution in [0.15, 0.2) is 18.2 Å². The number of carboxylic acid groups (broad SMARTS) is 1. The number of piperidine rings is 1. The largest absolute Gasteiger partial charge is 0.481 e. The number of nitrogens with zero attached hydrogens (tertiary/aromatic N) is 2. The Bertz CT molecular complexity index is 724. The van der Waals surface area contributed by atoms with Gasteiger partial charge in [-0.2, -0.15) is 0 Å². The van der Waals surface area contributed by atoms with Gasteiger partial charge < -0.3 is 15.3 Å². The Morgan fingerprint density at radius 1 is 1.32 bits per heavy atom. The van der Waals surface area contributed by atoms with E-state index in [2.05, 4.69) is 5.32 Å². The Labute approximate surface area is 150 Å². The summed E-state index contributed by atoms with van der Waals surface area (Å²) in [5, 5.41) is 12.3. The van der Waals surface area contributed by atoms with E-state index in [0.717, 1.165) is 0 Å². The standard InChI is InChI=1S/C17H20ClN3O4/c1-10-2-3-11(16(23)24)9-21(10)15(22)13-8-12(4-5-14(13)18)20-7-6-19-17(20)25/h4-5,8,10-11H,2-3,6-7,9H2,1H3,(H,19,25)(H,23,24). The molecular formula is C17H20ClN3O4. The van der Waals surface area contributed by atoms with Crippen LogP contribution in [0.25, 0.3) is 0 Å². The Hall–Kier alpha value is -2.28. The summed E-state index contributed by atoms with van der Waals surface area (Å²) in [5.74, 6) is -1.75. The van der Waals surface area contributed by atoms with Gasteiger partial charge in [0, 0.05) is 31.4 Å². The lowest BCUT2D eigenvalue weighted by atomic mass is 9.93. The van der Waals surface area contributed by atoms with Crippen LogP contribution in [0.1, 0.15) is 30.1 Å². The normalized spacial score (nSPS) is 23.5. The monoisotopic (exact) mass is 365 g/mol. The van der Waals surface area contributed by atoms with Crippen LogP contribution in [0.3, 0.4) is 0 Å². The average Bonchev–Trinajstić information content (AvgIpc) is 3.01. The molecule has 0 radical (unpaired) electrons. The van der Waals surface area contributed by atoms with Crippen LogP contribution in [0.2, 0.25) is 5.02 Å². The van der Waals surface area contributed by atoms with Gasteiger partial charge in [-0.05, 0) is 38.0 Å². The van der Waals surface area contributed by atoms with Crippen molar-refractivity contribution in [2.45, 2.75) is 25.8 Å². The van der Waals surface area contributed by atoms with Crippen molar-refractivity contribution in [3.63, 3.8) is 0 Å². The van der Waals surface area contributed by atoms with Crippen LogP contribution in [0.4, 0.5) is 10.5 Å². The topological polar surface area (TPSA) is 89.9 Å². The number of carbonyl (C=O) groups excluding carboxylic acids is 2. The van der Waals surface area contributed by atoms with E-state index < -0.39 is 11.9 Å². The summed E-state index contributed by atoms with van der Waals surface area (Å²) in [6.45, 7) is 3.14. The minimum atomic E-state index is -0.890. The first-order chi connectivity index (χ1) is 11.9.